The average molecular weight is 315 g/mol. The van der Waals surface area contributed by atoms with E-state index in [4.69, 9.17) is 5.11 Å². The summed E-state index contributed by atoms with van der Waals surface area (Å²) in [5.74, 6) is 0.914. The molecule has 1 aromatic heterocycles. The molecule has 120 valence electrons. The molecule has 0 spiro atoms. The fraction of sp³-hybridized carbons (Fsp3) is 0.786. The third kappa shape index (κ3) is 3.00. The lowest BCUT2D eigenvalue weighted by molar-refractivity contribution is 0.267. The van der Waals surface area contributed by atoms with Crippen LogP contribution in [0.2, 0.25) is 0 Å². The Morgan fingerprint density at radius 1 is 1.38 bits per heavy atom. The first-order chi connectivity index (χ1) is 9.78. The van der Waals surface area contributed by atoms with Crippen molar-refractivity contribution in [3.8, 4) is 0 Å². The minimum atomic E-state index is -3.50. The molecule has 0 radical (unpaired) electrons. The van der Waals surface area contributed by atoms with E-state index in [1.807, 2.05) is 0 Å². The molecule has 1 aliphatic heterocycles. The Morgan fingerprint density at radius 3 is 2.57 bits per heavy atom. The second-order valence-electron chi connectivity index (χ2n) is 6.10. The van der Waals surface area contributed by atoms with Crippen LogP contribution in [-0.4, -0.2) is 47.3 Å². The summed E-state index contributed by atoms with van der Waals surface area (Å²) in [7, 11) is -3.50. The quantitative estimate of drug-likeness (QED) is 0.884. The van der Waals surface area contributed by atoms with Gasteiger partial charge in [0.1, 0.15) is 4.90 Å². The van der Waals surface area contributed by atoms with Crippen LogP contribution in [0, 0.1) is 25.7 Å². The van der Waals surface area contributed by atoms with Gasteiger partial charge in [-0.1, -0.05) is 13.8 Å². The van der Waals surface area contributed by atoms with Crippen LogP contribution in [0.5, 0.6) is 0 Å². The van der Waals surface area contributed by atoms with Gasteiger partial charge in [-0.15, -0.1) is 0 Å². The molecule has 7 heteroatoms. The SMILES string of the molecule is Cc1nn(CCO)c(C)c1S(=O)(=O)N1CCC(C(C)C)C1. The van der Waals surface area contributed by atoms with Gasteiger partial charge >= 0.3 is 0 Å². The number of aromatic nitrogens is 2. The normalized spacial score (nSPS) is 20.6. The Kier molecular flexibility index (Phi) is 4.75. The van der Waals surface area contributed by atoms with Crippen LogP contribution in [-0.2, 0) is 16.6 Å². The summed E-state index contributed by atoms with van der Waals surface area (Å²) in [5, 5.41) is 13.3. The van der Waals surface area contributed by atoms with Gasteiger partial charge in [0.25, 0.3) is 0 Å². The molecule has 1 atom stereocenters. The lowest BCUT2D eigenvalue weighted by atomic mass is 9.96. The van der Waals surface area contributed by atoms with Crippen molar-refractivity contribution >= 4 is 10.0 Å². The highest BCUT2D eigenvalue weighted by molar-refractivity contribution is 7.89. The second kappa shape index (κ2) is 6.06. The van der Waals surface area contributed by atoms with Crippen molar-refractivity contribution in [2.75, 3.05) is 19.7 Å². The zero-order chi connectivity index (χ0) is 15.8. The van der Waals surface area contributed by atoms with E-state index in [-0.39, 0.29) is 6.61 Å². The van der Waals surface area contributed by atoms with E-state index in [1.54, 1.807) is 22.8 Å². The monoisotopic (exact) mass is 315 g/mol. The van der Waals surface area contributed by atoms with Crippen molar-refractivity contribution in [1.29, 1.82) is 0 Å². The zero-order valence-electron chi connectivity index (χ0n) is 13.2. The van der Waals surface area contributed by atoms with Crippen LogP contribution in [0.15, 0.2) is 4.90 Å². The molecule has 1 fully saturated rings. The van der Waals surface area contributed by atoms with Crippen molar-refractivity contribution in [2.24, 2.45) is 11.8 Å². The zero-order valence-corrected chi connectivity index (χ0v) is 14.0. The molecular weight excluding hydrogens is 290 g/mol. The lowest BCUT2D eigenvalue weighted by Crippen LogP contribution is -2.30. The number of rotatable bonds is 5. The van der Waals surface area contributed by atoms with E-state index in [0.29, 0.717) is 47.8 Å². The summed E-state index contributed by atoms with van der Waals surface area (Å²) in [6, 6.07) is 0. The van der Waals surface area contributed by atoms with Crippen molar-refractivity contribution in [3.63, 3.8) is 0 Å². The maximum absolute atomic E-state index is 12.9. The number of sulfonamides is 1. The average Bonchev–Trinajstić information content (AvgIpc) is 2.96. The summed E-state index contributed by atoms with van der Waals surface area (Å²) in [6.07, 6.45) is 0.916. The fourth-order valence-corrected chi connectivity index (χ4v) is 4.90. The molecule has 0 aliphatic carbocycles. The molecule has 1 N–H and O–H groups in total. The Morgan fingerprint density at radius 2 is 2.05 bits per heavy atom. The molecular formula is C14H25N3O3S. The van der Waals surface area contributed by atoms with Crippen LogP contribution >= 0.6 is 0 Å². The van der Waals surface area contributed by atoms with E-state index in [1.165, 1.54) is 0 Å². The highest BCUT2D eigenvalue weighted by atomic mass is 32.2. The van der Waals surface area contributed by atoms with Gasteiger partial charge in [0.05, 0.1) is 24.5 Å². The Hall–Kier alpha value is -0.920. The van der Waals surface area contributed by atoms with Gasteiger partial charge < -0.3 is 5.11 Å². The number of aliphatic hydroxyl groups is 1. The fourth-order valence-electron chi connectivity index (χ4n) is 3.01. The van der Waals surface area contributed by atoms with E-state index in [9.17, 15) is 8.42 Å². The summed E-state index contributed by atoms with van der Waals surface area (Å²) in [6.45, 7) is 9.16. The Balaban J connectivity index is 2.33. The van der Waals surface area contributed by atoms with Crippen LogP contribution in [0.4, 0.5) is 0 Å². The topological polar surface area (TPSA) is 75.4 Å². The summed E-state index contributed by atoms with van der Waals surface area (Å²) < 4.78 is 28.9. The van der Waals surface area contributed by atoms with E-state index < -0.39 is 10.0 Å². The van der Waals surface area contributed by atoms with Gasteiger partial charge in [-0.25, -0.2) is 8.42 Å². The first-order valence-corrected chi connectivity index (χ1v) is 8.88. The number of nitrogens with zero attached hydrogens (tertiary/aromatic N) is 3. The summed E-state index contributed by atoms with van der Waals surface area (Å²) in [5.41, 5.74) is 1.11. The van der Waals surface area contributed by atoms with Gasteiger partial charge in [0.15, 0.2) is 0 Å². The van der Waals surface area contributed by atoms with Crippen LogP contribution in [0.1, 0.15) is 31.7 Å². The number of aliphatic hydroxyl groups excluding tert-OH is 1. The molecule has 1 aromatic rings. The molecule has 6 nitrogen and oxygen atoms in total. The minimum absolute atomic E-state index is 0.0550. The molecule has 21 heavy (non-hydrogen) atoms. The van der Waals surface area contributed by atoms with E-state index >= 15 is 0 Å². The largest absolute Gasteiger partial charge is 0.394 e. The molecule has 1 saturated heterocycles. The molecule has 0 saturated carbocycles. The predicted octanol–water partition coefficient (Wildman–Crippen LogP) is 1.16. The van der Waals surface area contributed by atoms with Gasteiger partial charge in [-0.3, -0.25) is 4.68 Å². The summed E-state index contributed by atoms with van der Waals surface area (Å²) in [4.78, 5) is 0.306. The van der Waals surface area contributed by atoms with Gasteiger partial charge in [0, 0.05) is 13.1 Å². The van der Waals surface area contributed by atoms with Crippen LogP contribution < -0.4 is 0 Å². The minimum Gasteiger partial charge on any atom is -0.394 e. The van der Waals surface area contributed by atoms with E-state index in [2.05, 4.69) is 18.9 Å². The standard InChI is InChI=1S/C14H25N3O3S/c1-10(2)13-5-6-16(9-13)21(19,20)14-11(3)15-17(7-8-18)12(14)4/h10,13,18H,5-9H2,1-4H3. The smallest absolute Gasteiger partial charge is 0.246 e. The molecule has 2 heterocycles. The highest BCUT2D eigenvalue weighted by Gasteiger charge is 2.36. The highest BCUT2D eigenvalue weighted by Crippen LogP contribution is 2.31. The predicted molar refractivity (Wildman–Crippen MR) is 80.5 cm³/mol. The third-order valence-corrected chi connectivity index (χ3v) is 6.47. The molecule has 0 bridgehead atoms. The maximum atomic E-state index is 12.9. The first kappa shape index (κ1) is 16.5. The van der Waals surface area contributed by atoms with Crippen LogP contribution in [0.3, 0.4) is 0 Å². The number of aryl methyl sites for hydroxylation is 1. The Bertz CT molecular complexity index is 607. The number of hydrogen-bond acceptors (Lipinski definition) is 4. The Labute approximate surface area is 126 Å². The van der Waals surface area contributed by atoms with Crippen molar-refractivity contribution in [2.45, 2.75) is 45.6 Å². The van der Waals surface area contributed by atoms with Crippen molar-refractivity contribution in [1.82, 2.24) is 14.1 Å². The number of hydrogen-bond donors (Lipinski definition) is 1. The molecule has 1 unspecified atom stereocenters. The molecule has 0 aromatic carbocycles. The van der Waals surface area contributed by atoms with Crippen LogP contribution in [0.25, 0.3) is 0 Å². The van der Waals surface area contributed by atoms with Gasteiger partial charge in [0.2, 0.25) is 10.0 Å². The molecule has 0 amide bonds. The molecule has 2 rings (SSSR count). The second-order valence-corrected chi connectivity index (χ2v) is 7.98. The summed E-state index contributed by atoms with van der Waals surface area (Å²) >= 11 is 0. The maximum Gasteiger partial charge on any atom is 0.246 e. The first-order valence-electron chi connectivity index (χ1n) is 7.44. The lowest BCUT2D eigenvalue weighted by Gasteiger charge is -2.18. The van der Waals surface area contributed by atoms with Gasteiger partial charge in [-0.2, -0.15) is 9.40 Å². The van der Waals surface area contributed by atoms with Crippen molar-refractivity contribution in [3.05, 3.63) is 11.4 Å². The van der Waals surface area contributed by atoms with Crippen molar-refractivity contribution < 1.29 is 13.5 Å². The third-order valence-electron chi connectivity index (χ3n) is 4.36. The van der Waals surface area contributed by atoms with Gasteiger partial charge in [-0.05, 0) is 32.1 Å². The van der Waals surface area contributed by atoms with E-state index in [0.717, 1.165) is 6.42 Å². The molecule has 1 aliphatic rings.